The van der Waals surface area contributed by atoms with Crippen molar-refractivity contribution in [2.75, 3.05) is 0 Å². The number of hydrogen-bond donors (Lipinski definition) is 1. The van der Waals surface area contributed by atoms with Gasteiger partial charge in [0, 0.05) is 22.8 Å². The number of rotatable bonds is 3. The maximum absolute atomic E-state index is 6.12. The molecule has 0 aliphatic heterocycles. The Balaban J connectivity index is 1.70. The van der Waals surface area contributed by atoms with Crippen LogP contribution in [0.15, 0.2) is 11.4 Å². The van der Waals surface area contributed by atoms with Crippen molar-refractivity contribution in [1.82, 2.24) is 10.3 Å². The lowest BCUT2D eigenvalue weighted by molar-refractivity contribution is 0.460. The normalized spacial score (nSPS) is 18.9. The molecule has 0 saturated heterocycles. The highest BCUT2D eigenvalue weighted by molar-refractivity contribution is 7.16. The van der Waals surface area contributed by atoms with E-state index in [1.807, 2.05) is 6.92 Å². The van der Waals surface area contributed by atoms with Crippen molar-refractivity contribution in [3.8, 4) is 0 Å². The molecule has 3 rings (SSSR count). The molecule has 0 spiro atoms. The molecule has 96 valence electrons. The number of nitrogens with zero attached hydrogens (tertiary/aromatic N) is 1. The number of aryl methyl sites for hydroxylation is 2. The van der Waals surface area contributed by atoms with Gasteiger partial charge >= 0.3 is 0 Å². The third-order valence-corrected chi connectivity index (χ3v) is 5.44. The molecule has 2 nitrogen and oxygen atoms in total. The Kier molecular flexibility index (Phi) is 3.71. The molecule has 1 unspecified atom stereocenters. The summed E-state index contributed by atoms with van der Waals surface area (Å²) in [4.78, 5) is 5.95. The fourth-order valence-corrected chi connectivity index (χ4v) is 4.45. The fourth-order valence-electron chi connectivity index (χ4n) is 2.45. The maximum atomic E-state index is 6.12. The molecule has 2 aromatic rings. The first kappa shape index (κ1) is 12.6. The summed E-state index contributed by atoms with van der Waals surface area (Å²) in [6.45, 7) is 2.90. The van der Waals surface area contributed by atoms with E-state index in [1.54, 1.807) is 22.7 Å². The summed E-state index contributed by atoms with van der Waals surface area (Å²) in [5.41, 5.74) is 2.55. The molecular formula is C13H15ClN2S2. The maximum Gasteiger partial charge on any atom is 0.0934 e. The van der Waals surface area contributed by atoms with Crippen LogP contribution in [0.2, 0.25) is 4.34 Å². The topological polar surface area (TPSA) is 24.9 Å². The van der Waals surface area contributed by atoms with E-state index in [9.17, 15) is 0 Å². The van der Waals surface area contributed by atoms with Crippen LogP contribution in [0.25, 0.3) is 0 Å². The molecule has 2 heterocycles. The number of aromatic nitrogens is 1. The van der Waals surface area contributed by atoms with Gasteiger partial charge in [-0.05, 0) is 37.8 Å². The predicted molar refractivity (Wildman–Crippen MR) is 78.7 cm³/mol. The fraction of sp³-hybridized carbons (Fsp3) is 0.462. The molecule has 1 aliphatic rings. The third-order valence-electron chi connectivity index (χ3n) is 3.28. The summed E-state index contributed by atoms with van der Waals surface area (Å²) in [6, 6.07) is 2.57. The zero-order valence-corrected chi connectivity index (χ0v) is 12.6. The van der Waals surface area contributed by atoms with Gasteiger partial charge in [-0.25, -0.2) is 4.98 Å². The summed E-state index contributed by atoms with van der Waals surface area (Å²) in [5.74, 6) is 0. The first-order valence-electron chi connectivity index (χ1n) is 6.15. The summed E-state index contributed by atoms with van der Waals surface area (Å²) in [5, 5.41) is 6.88. The molecule has 0 saturated carbocycles. The Bertz CT molecular complexity index is 547. The predicted octanol–water partition coefficient (Wildman–Crippen LogP) is 4.33. The summed E-state index contributed by atoms with van der Waals surface area (Å²) in [7, 11) is 0. The van der Waals surface area contributed by atoms with Crippen LogP contribution < -0.4 is 5.32 Å². The molecule has 0 bridgehead atoms. The van der Waals surface area contributed by atoms with E-state index < -0.39 is 0 Å². The average molecular weight is 299 g/mol. The SMILES string of the molecule is Cc1nc(CNC2CCCc3sc(Cl)cc32)cs1. The largest absolute Gasteiger partial charge is 0.304 e. The second-order valence-electron chi connectivity index (χ2n) is 4.61. The zero-order valence-electron chi connectivity index (χ0n) is 10.2. The molecule has 0 fully saturated rings. The highest BCUT2D eigenvalue weighted by Crippen LogP contribution is 2.37. The minimum atomic E-state index is 0.444. The molecule has 1 N–H and O–H groups in total. The molecule has 0 aromatic carbocycles. The van der Waals surface area contributed by atoms with E-state index in [0.717, 1.165) is 21.6 Å². The van der Waals surface area contributed by atoms with Gasteiger partial charge in [0.1, 0.15) is 0 Å². The number of halogens is 1. The van der Waals surface area contributed by atoms with Crippen LogP contribution in [0, 0.1) is 6.92 Å². The van der Waals surface area contributed by atoms with Gasteiger partial charge < -0.3 is 5.32 Å². The van der Waals surface area contributed by atoms with Gasteiger partial charge in [0.05, 0.1) is 15.0 Å². The second-order valence-corrected chi connectivity index (χ2v) is 7.44. The van der Waals surface area contributed by atoms with Gasteiger partial charge in [-0.2, -0.15) is 0 Å². The molecular weight excluding hydrogens is 284 g/mol. The minimum absolute atomic E-state index is 0.444. The summed E-state index contributed by atoms with van der Waals surface area (Å²) in [6.07, 6.45) is 3.63. The number of hydrogen-bond acceptors (Lipinski definition) is 4. The van der Waals surface area contributed by atoms with Gasteiger partial charge in [0.25, 0.3) is 0 Å². The molecule has 5 heteroatoms. The van der Waals surface area contributed by atoms with Gasteiger partial charge in [0.15, 0.2) is 0 Å². The quantitative estimate of drug-likeness (QED) is 0.912. The van der Waals surface area contributed by atoms with E-state index in [1.165, 1.54) is 29.7 Å². The Morgan fingerprint density at radius 2 is 2.44 bits per heavy atom. The van der Waals surface area contributed by atoms with Crippen LogP contribution in [0.5, 0.6) is 0 Å². The highest BCUT2D eigenvalue weighted by atomic mass is 35.5. The standard InChI is InChI=1S/C13H15ClN2S2/c1-8-16-9(7-17-8)6-15-11-3-2-4-12-10(11)5-13(14)18-12/h5,7,11,15H,2-4,6H2,1H3. The number of nitrogens with one attached hydrogen (secondary N) is 1. The van der Waals surface area contributed by atoms with E-state index in [4.69, 9.17) is 11.6 Å². The lowest BCUT2D eigenvalue weighted by atomic mass is 9.94. The van der Waals surface area contributed by atoms with E-state index >= 15 is 0 Å². The molecule has 2 aromatic heterocycles. The second kappa shape index (κ2) is 5.29. The summed E-state index contributed by atoms with van der Waals surface area (Å²) >= 11 is 9.56. The van der Waals surface area contributed by atoms with Crippen molar-refractivity contribution in [2.45, 2.75) is 38.8 Å². The van der Waals surface area contributed by atoms with Crippen LogP contribution in [0.1, 0.15) is 40.0 Å². The van der Waals surface area contributed by atoms with Crippen molar-refractivity contribution in [1.29, 1.82) is 0 Å². The lowest BCUT2D eigenvalue weighted by Gasteiger charge is -2.23. The lowest BCUT2D eigenvalue weighted by Crippen LogP contribution is -2.24. The van der Waals surface area contributed by atoms with Crippen molar-refractivity contribution < 1.29 is 0 Å². The van der Waals surface area contributed by atoms with Crippen LogP contribution in [0.4, 0.5) is 0 Å². The smallest absolute Gasteiger partial charge is 0.0934 e. The van der Waals surface area contributed by atoms with Crippen LogP contribution in [-0.2, 0) is 13.0 Å². The van der Waals surface area contributed by atoms with Gasteiger partial charge in [0.2, 0.25) is 0 Å². The van der Waals surface area contributed by atoms with Gasteiger partial charge in [-0.1, -0.05) is 11.6 Å². The van der Waals surface area contributed by atoms with Crippen LogP contribution in [0.3, 0.4) is 0 Å². The third kappa shape index (κ3) is 2.62. The van der Waals surface area contributed by atoms with E-state index in [-0.39, 0.29) is 0 Å². The van der Waals surface area contributed by atoms with Gasteiger partial charge in [-0.3, -0.25) is 0 Å². The van der Waals surface area contributed by atoms with Crippen molar-refractivity contribution >= 4 is 34.3 Å². The molecule has 0 amide bonds. The Labute approximate surface area is 120 Å². The number of thiazole rings is 1. The molecule has 0 radical (unpaired) electrons. The Morgan fingerprint density at radius 1 is 1.56 bits per heavy atom. The van der Waals surface area contributed by atoms with E-state index in [0.29, 0.717) is 6.04 Å². The van der Waals surface area contributed by atoms with Crippen molar-refractivity contribution in [3.05, 3.63) is 36.9 Å². The molecule has 1 aliphatic carbocycles. The van der Waals surface area contributed by atoms with Crippen LogP contribution in [-0.4, -0.2) is 4.98 Å². The number of fused-ring (bicyclic) bond motifs is 1. The zero-order chi connectivity index (χ0) is 12.5. The van der Waals surface area contributed by atoms with Crippen molar-refractivity contribution in [2.24, 2.45) is 0 Å². The first-order chi connectivity index (χ1) is 8.72. The Hall–Kier alpha value is -0.420. The average Bonchev–Trinajstić information content (AvgIpc) is 2.91. The highest BCUT2D eigenvalue weighted by Gasteiger charge is 2.22. The number of thiophene rings is 1. The van der Waals surface area contributed by atoms with Crippen LogP contribution >= 0.6 is 34.3 Å². The molecule has 18 heavy (non-hydrogen) atoms. The van der Waals surface area contributed by atoms with E-state index in [2.05, 4.69) is 21.7 Å². The molecule has 1 atom stereocenters. The Morgan fingerprint density at radius 3 is 3.22 bits per heavy atom. The first-order valence-corrected chi connectivity index (χ1v) is 8.22. The minimum Gasteiger partial charge on any atom is -0.304 e. The van der Waals surface area contributed by atoms with Gasteiger partial charge in [-0.15, -0.1) is 22.7 Å². The summed E-state index contributed by atoms with van der Waals surface area (Å²) < 4.78 is 0.915. The monoisotopic (exact) mass is 298 g/mol. The van der Waals surface area contributed by atoms with Crippen molar-refractivity contribution in [3.63, 3.8) is 0 Å².